The molecule has 1 N–H and O–H groups in total. The fourth-order valence-corrected chi connectivity index (χ4v) is 3.89. The molecule has 110 valence electrons. The second kappa shape index (κ2) is 5.69. The van der Waals surface area contributed by atoms with Crippen LogP contribution in [-0.4, -0.2) is 45.6 Å². The molecule has 0 bridgehead atoms. The zero-order valence-electron chi connectivity index (χ0n) is 11.1. The van der Waals surface area contributed by atoms with Gasteiger partial charge in [-0.15, -0.1) is 0 Å². The molecule has 7 heteroatoms. The second-order valence-electron chi connectivity index (χ2n) is 4.86. The molecule has 0 radical (unpaired) electrons. The molecule has 0 saturated carbocycles. The first-order chi connectivity index (χ1) is 9.67. The quantitative estimate of drug-likeness (QED) is 0.891. The molecule has 2 heterocycles. The lowest BCUT2D eigenvalue weighted by Gasteiger charge is -2.31. The average Bonchev–Trinajstić information content (AvgIpc) is 2.48. The molecule has 1 aromatic carbocycles. The van der Waals surface area contributed by atoms with Gasteiger partial charge in [-0.3, -0.25) is 0 Å². The highest BCUT2D eigenvalue weighted by Crippen LogP contribution is 2.32. The third kappa shape index (κ3) is 2.80. The molecule has 1 aromatic rings. The SMILES string of the molecule is O=S(=O)(N[C@@H]1CCOc2ccccc21)N1CCOCC1. The van der Waals surface area contributed by atoms with E-state index in [4.69, 9.17) is 9.47 Å². The maximum Gasteiger partial charge on any atom is 0.280 e. The van der Waals surface area contributed by atoms with Crippen molar-refractivity contribution in [1.82, 2.24) is 9.03 Å². The Balaban J connectivity index is 1.78. The monoisotopic (exact) mass is 298 g/mol. The lowest BCUT2D eigenvalue weighted by atomic mass is 10.0. The summed E-state index contributed by atoms with van der Waals surface area (Å²) in [6.45, 7) is 2.23. The molecular weight excluding hydrogens is 280 g/mol. The maximum absolute atomic E-state index is 12.4. The van der Waals surface area contributed by atoms with Crippen LogP contribution in [0.4, 0.5) is 0 Å². The van der Waals surface area contributed by atoms with Gasteiger partial charge >= 0.3 is 0 Å². The minimum atomic E-state index is -3.48. The van der Waals surface area contributed by atoms with Gasteiger partial charge in [0.2, 0.25) is 0 Å². The summed E-state index contributed by atoms with van der Waals surface area (Å²) >= 11 is 0. The predicted molar refractivity (Wildman–Crippen MR) is 73.7 cm³/mol. The molecule has 0 amide bonds. The van der Waals surface area contributed by atoms with E-state index in [0.29, 0.717) is 39.3 Å². The fourth-order valence-electron chi connectivity index (χ4n) is 2.51. The van der Waals surface area contributed by atoms with Crippen molar-refractivity contribution in [1.29, 1.82) is 0 Å². The largest absolute Gasteiger partial charge is 0.493 e. The summed E-state index contributed by atoms with van der Waals surface area (Å²) in [5, 5.41) is 0. The van der Waals surface area contributed by atoms with Crippen molar-refractivity contribution in [2.45, 2.75) is 12.5 Å². The van der Waals surface area contributed by atoms with Gasteiger partial charge in [0.25, 0.3) is 10.2 Å². The summed E-state index contributed by atoms with van der Waals surface area (Å²) in [5.74, 6) is 0.758. The Labute approximate surface area is 118 Å². The van der Waals surface area contributed by atoms with Crippen LogP contribution in [0, 0.1) is 0 Å². The molecule has 20 heavy (non-hydrogen) atoms. The molecular formula is C13H18N2O4S. The van der Waals surface area contributed by atoms with Crippen LogP contribution >= 0.6 is 0 Å². The van der Waals surface area contributed by atoms with E-state index in [9.17, 15) is 8.42 Å². The van der Waals surface area contributed by atoms with E-state index >= 15 is 0 Å². The van der Waals surface area contributed by atoms with Gasteiger partial charge in [0.05, 0.1) is 25.9 Å². The van der Waals surface area contributed by atoms with Gasteiger partial charge in [0.1, 0.15) is 5.75 Å². The molecule has 2 aliphatic heterocycles. The van der Waals surface area contributed by atoms with Crippen molar-refractivity contribution >= 4 is 10.2 Å². The van der Waals surface area contributed by atoms with Crippen molar-refractivity contribution in [3.8, 4) is 5.75 Å². The molecule has 1 fully saturated rings. The van der Waals surface area contributed by atoms with Gasteiger partial charge in [-0.2, -0.15) is 17.4 Å². The fraction of sp³-hybridized carbons (Fsp3) is 0.538. The van der Waals surface area contributed by atoms with E-state index in [1.807, 2.05) is 24.3 Å². The molecule has 0 unspecified atom stereocenters. The molecule has 1 atom stereocenters. The van der Waals surface area contributed by atoms with Crippen molar-refractivity contribution < 1.29 is 17.9 Å². The van der Waals surface area contributed by atoms with Crippen LogP contribution in [0.5, 0.6) is 5.75 Å². The number of ether oxygens (including phenoxy) is 2. The van der Waals surface area contributed by atoms with E-state index < -0.39 is 10.2 Å². The van der Waals surface area contributed by atoms with Gasteiger partial charge in [-0.05, 0) is 6.07 Å². The van der Waals surface area contributed by atoms with Crippen molar-refractivity contribution in [3.63, 3.8) is 0 Å². The average molecular weight is 298 g/mol. The topological polar surface area (TPSA) is 67.9 Å². The lowest BCUT2D eigenvalue weighted by Crippen LogP contribution is -2.48. The highest BCUT2D eigenvalue weighted by atomic mass is 32.2. The number of morpholine rings is 1. The highest BCUT2D eigenvalue weighted by Gasteiger charge is 2.30. The van der Waals surface area contributed by atoms with Crippen molar-refractivity contribution in [3.05, 3.63) is 29.8 Å². The maximum atomic E-state index is 12.4. The third-order valence-electron chi connectivity index (χ3n) is 3.56. The van der Waals surface area contributed by atoms with E-state index in [0.717, 1.165) is 11.3 Å². The zero-order valence-corrected chi connectivity index (χ0v) is 11.9. The Kier molecular flexibility index (Phi) is 3.93. The summed E-state index contributed by atoms with van der Waals surface area (Å²) in [7, 11) is -3.48. The molecule has 2 aliphatic rings. The van der Waals surface area contributed by atoms with E-state index in [-0.39, 0.29) is 6.04 Å². The Morgan fingerprint density at radius 1 is 1.15 bits per heavy atom. The normalized spacial score (nSPS) is 23.9. The number of nitrogens with one attached hydrogen (secondary N) is 1. The number of rotatable bonds is 3. The number of hydrogen-bond acceptors (Lipinski definition) is 4. The number of para-hydroxylation sites is 1. The van der Waals surface area contributed by atoms with Crippen LogP contribution in [-0.2, 0) is 14.9 Å². The van der Waals surface area contributed by atoms with Crippen LogP contribution in [0.1, 0.15) is 18.0 Å². The van der Waals surface area contributed by atoms with Gasteiger partial charge in [-0.25, -0.2) is 0 Å². The van der Waals surface area contributed by atoms with Crippen LogP contribution in [0.3, 0.4) is 0 Å². The Morgan fingerprint density at radius 3 is 2.70 bits per heavy atom. The van der Waals surface area contributed by atoms with E-state index in [2.05, 4.69) is 4.72 Å². The molecule has 3 rings (SSSR count). The van der Waals surface area contributed by atoms with Gasteiger partial charge < -0.3 is 9.47 Å². The highest BCUT2D eigenvalue weighted by molar-refractivity contribution is 7.87. The predicted octanol–water partition coefficient (Wildman–Crippen LogP) is 0.677. The first-order valence-corrected chi connectivity index (χ1v) is 8.18. The van der Waals surface area contributed by atoms with Crippen LogP contribution in [0.25, 0.3) is 0 Å². The van der Waals surface area contributed by atoms with E-state index in [1.54, 1.807) is 0 Å². The molecule has 0 aromatic heterocycles. The molecule has 1 saturated heterocycles. The first kappa shape index (κ1) is 13.8. The van der Waals surface area contributed by atoms with Crippen LogP contribution in [0.15, 0.2) is 24.3 Å². The summed E-state index contributed by atoms with van der Waals surface area (Å²) in [6, 6.07) is 7.32. The first-order valence-electron chi connectivity index (χ1n) is 6.74. The lowest BCUT2D eigenvalue weighted by molar-refractivity contribution is 0.0722. The number of hydrogen-bond donors (Lipinski definition) is 1. The number of fused-ring (bicyclic) bond motifs is 1. The molecule has 0 aliphatic carbocycles. The Hall–Kier alpha value is -1.15. The summed E-state index contributed by atoms with van der Waals surface area (Å²) in [4.78, 5) is 0. The number of nitrogens with zero attached hydrogens (tertiary/aromatic N) is 1. The molecule has 0 spiro atoms. The van der Waals surface area contributed by atoms with Crippen LogP contribution < -0.4 is 9.46 Å². The second-order valence-corrected chi connectivity index (χ2v) is 6.56. The third-order valence-corrected chi connectivity index (χ3v) is 5.19. The summed E-state index contributed by atoms with van der Waals surface area (Å²) < 4.78 is 39.7. The van der Waals surface area contributed by atoms with Crippen molar-refractivity contribution in [2.75, 3.05) is 32.9 Å². The van der Waals surface area contributed by atoms with Crippen molar-refractivity contribution in [2.24, 2.45) is 0 Å². The smallest absolute Gasteiger partial charge is 0.280 e. The number of benzene rings is 1. The minimum absolute atomic E-state index is 0.229. The summed E-state index contributed by atoms with van der Waals surface area (Å²) in [5.41, 5.74) is 0.899. The minimum Gasteiger partial charge on any atom is -0.493 e. The Morgan fingerprint density at radius 2 is 1.90 bits per heavy atom. The van der Waals surface area contributed by atoms with Gasteiger partial charge in [0, 0.05) is 25.1 Å². The van der Waals surface area contributed by atoms with E-state index in [1.165, 1.54) is 4.31 Å². The molecule has 6 nitrogen and oxygen atoms in total. The zero-order chi connectivity index (χ0) is 14.0. The van der Waals surface area contributed by atoms with Gasteiger partial charge in [-0.1, -0.05) is 18.2 Å². The van der Waals surface area contributed by atoms with Gasteiger partial charge in [0.15, 0.2) is 0 Å². The summed E-state index contributed by atoms with van der Waals surface area (Å²) in [6.07, 6.45) is 0.639. The van der Waals surface area contributed by atoms with Crippen LogP contribution in [0.2, 0.25) is 0 Å². The standard InChI is InChI=1S/C13H18N2O4S/c16-20(17,15-6-9-18-10-7-15)14-12-5-8-19-13-4-2-1-3-11(12)13/h1-4,12,14H,5-10H2/t12-/m1/s1. The Bertz CT molecular complexity index is 569.